The van der Waals surface area contributed by atoms with Crippen LogP contribution in [0.25, 0.3) is 0 Å². The van der Waals surface area contributed by atoms with Crippen molar-refractivity contribution in [1.29, 1.82) is 0 Å². The number of carboxylic acid groups (broad SMARTS) is 1. The van der Waals surface area contributed by atoms with Crippen LogP contribution in [0.4, 0.5) is 0 Å². The molecule has 176 valence electrons. The van der Waals surface area contributed by atoms with Crippen molar-refractivity contribution < 1.29 is 34.9 Å². The van der Waals surface area contributed by atoms with Gasteiger partial charge in [0.05, 0.1) is 0 Å². The van der Waals surface area contributed by atoms with Gasteiger partial charge in [-0.1, -0.05) is 26.0 Å². The lowest BCUT2D eigenvalue weighted by Crippen LogP contribution is -2.71. The van der Waals surface area contributed by atoms with Crippen molar-refractivity contribution in [2.24, 2.45) is 17.4 Å². The Morgan fingerprint density at radius 3 is 2.22 bits per heavy atom. The lowest BCUT2D eigenvalue weighted by Gasteiger charge is -2.49. The minimum absolute atomic E-state index is 0. The fourth-order valence-corrected chi connectivity index (χ4v) is 4.14. The smallest absolute Gasteiger partial charge is 0.352 e. The summed E-state index contributed by atoms with van der Waals surface area (Å²) in [5.74, 6) is -1.86. The number of amides is 3. The van der Waals surface area contributed by atoms with Crippen LogP contribution < -0.4 is 16.8 Å². The Balaban J connectivity index is 0.000000648. The number of aromatic hydroxyl groups is 1. The van der Waals surface area contributed by atoms with Crippen molar-refractivity contribution in [2.75, 3.05) is 5.75 Å². The van der Waals surface area contributed by atoms with E-state index in [1.807, 2.05) is 0 Å². The molecule has 0 aromatic heterocycles. The highest BCUT2D eigenvalue weighted by Crippen LogP contribution is 2.40. The van der Waals surface area contributed by atoms with Crippen molar-refractivity contribution in [2.45, 2.75) is 38.2 Å². The van der Waals surface area contributed by atoms with Gasteiger partial charge in [-0.2, -0.15) is 0 Å². The van der Waals surface area contributed by atoms with Crippen LogP contribution >= 0.6 is 11.8 Å². The average molecular weight is 469 g/mol. The third-order valence-corrected chi connectivity index (χ3v) is 6.19. The number of thioether (sulfide) groups is 1. The molecule has 1 fully saturated rings. The van der Waals surface area contributed by atoms with Gasteiger partial charge in [-0.3, -0.25) is 19.3 Å². The van der Waals surface area contributed by atoms with Gasteiger partial charge in [0.25, 0.3) is 5.91 Å². The number of phenolic OH excluding ortho intramolecular Hbond substituents is 1. The van der Waals surface area contributed by atoms with E-state index in [1.165, 1.54) is 40.9 Å². The molecule has 0 aliphatic carbocycles. The van der Waals surface area contributed by atoms with Gasteiger partial charge in [0.15, 0.2) is 0 Å². The quantitative estimate of drug-likeness (QED) is 0.353. The molecule has 12 heteroatoms. The van der Waals surface area contributed by atoms with Gasteiger partial charge in [0.1, 0.15) is 28.9 Å². The van der Waals surface area contributed by atoms with Gasteiger partial charge >= 0.3 is 5.97 Å². The molecule has 1 aromatic rings. The molecule has 2 aliphatic heterocycles. The Labute approximate surface area is 189 Å². The summed E-state index contributed by atoms with van der Waals surface area (Å²) < 4.78 is 0. The Morgan fingerprint density at radius 1 is 1.22 bits per heavy atom. The summed E-state index contributed by atoms with van der Waals surface area (Å²) in [4.78, 5) is 47.1. The maximum Gasteiger partial charge on any atom is 0.352 e. The highest BCUT2D eigenvalue weighted by Gasteiger charge is 2.53. The lowest BCUT2D eigenvalue weighted by atomic mass is 10.0. The first-order valence-electron chi connectivity index (χ1n) is 9.47. The first-order valence-corrected chi connectivity index (χ1v) is 10.5. The predicted molar refractivity (Wildman–Crippen MR) is 118 cm³/mol. The number of carbonyl (C=O) groups excluding carboxylic acids is 3. The van der Waals surface area contributed by atoms with Crippen LogP contribution in [0.2, 0.25) is 0 Å². The maximum absolute atomic E-state index is 12.3. The second-order valence-electron chi connectivity index (χ2n) is 7.46. The van der Waals surface area contributed by atoms with Gasteiger partial charge in [-0.05, 0) is 30.2 Å². The van der Waals surface area contributed by atoms with Crippen LogP contribution in [0, 0.1) is 5.92 Å². The van der Waals surface area contributed by atoms with Crippen LogP contribution in [0.1, 0.15) is 32.4 Å². The molecular formula is C20H28N4O7S. The molecular weight excluding hydrogens is 440 g/mol. The first kappa shape index (κ1) is 26.9. The molecule has 1 aromatic carbocycles. The summed E-state index contributed by atoms with van der Waals surface area (Å²) in [5, 5.41) is 20.7. The molecule has 2 heterocycles. The summed E-state index contributed by atoms with van der Waals surface area (Å²) >= 11 is 1.40. The molecule has 3 atom stereocenters. The Kier molecular flexibility index (Phi) is 9.24. The zero-order valence-corrected chi connectivity index (χ0v) is 18.7. The van der Waals surface area contributed by atoms with Gasteiger partial charge in [0.2, 0.25) is 11.8 Å². The van der Waals surface area contributed by atoms with Crippen LogP contribution in [0.3, 0.4) is 0 Å². The topological polar surface area (TPSA) is 208 Å². The van der Waals surface area contributed by atoms with Crippen LogP contribution in [0.15, 0.2) is 35.5 Å². The number of β-lactam (4-membered cyclic amide) rings is 1. The fraction of sp³-hybridized carbons (Fsp3) is 0.400. The molecule has 0 unspecified atom stereocenters. The fourth-order valence-electron chi connectivity index (χ4n) is 2.85. The summed E-state index contributed by atoms with van der Waals surface area (Å²) in [6.07, 6.45) is 0. The van der Waals surface area contributed by atoms with E-state index in [9.17, 15) is 29.4 Å². The van der Waals surface area contributed by atoms with E-state index in [4.69, 9.17) is 11.5 Å². The van der Waals surface area contributed by atoms with E-state index in [1.54, 1.807) is 20.8 Å². The number of nitrogens with zero attached hydrogens (tertiary/aromatic N) is 1. The summed E-state index contributed by atoms with van der Waals surface area (Å²) in [6, 6.07) is 4.09. The van der Waals surface area contributed by atoms with E-state index in [0.29, 0.717) is 16.9 Å². The molecule has 3 amide bonds. The largest absolute Gasteiger partial charge is 0.508 e. The molecule has 2 aliphatic rings. The van der Waals surface area contributed by atoms with E-state index < -0.39 is 35.2 Å². The van der Waals surface area contributed by atoms with Gasteiger partial charge < -0.3 is 32.5 Å². The number of primary amides is 1. The Hall–Kier alpha value is -3.09. The molecule has 1 saturated heterocycles. The van der Waals surface area contributed by atoms with Crippen LogP contribution in [0.5, 0.6) is 5.75 Å². The maximum atomic E-state index is 12.3. The second-order valence-corrected chi connectivity index (χ2v) is 8.56. The standard InChI is InChI=1S/C16H17N3O5S.C4H9NO.H2O/c1-7-6-25-15-11(14(22)19(15)12(7)16(23)24)18-13(21)10(17)8-2-4-9(20)5-3-8;1-3(2)4(5)6;/h2-5,10-11,15,20H,6,17H2,1H3,(H,18,21)(H,23,24);3H,1-2H3,(H2,5,6);1H2/t10-,11-,15-;;/m1../s1. The predicted octanol–water partition coefficient (Wildman–Crippen LogP) is -0.546. The zero-order valence-electron chi connectivity index (χ0n) is 17.9. The monoisotopic (exact) mass is 468 g/mol. The van der Waals surface area contributed by atoms with Gasteiger partial charge in [-0.15, -0.1) is 11.8 Å². The molecule has 3 rings (SSSR count). The van der Waals surface area contributed by atoms with Gasteiger partial charge in [-0.25, -0.2) is 4.79 Å². The van der Waals surface area contributed by atoms with Crippen molar-refractivity contribution in [3.05, 3.63) is 41.1 Å². The first-order chi connectivity index (χ1) is 14.5. The highest BCUT2D eigenvalue weighted by molar-refractivity contribution is 8.00. The van der Waals surface area contributed by atoms with Crippen molar-refractivity contribution in [3.8, 4) is 5.75 Å². The van der Waals surface area contributed by atoms with Crippen molar-refractivity contribution in [3.63, 3.8) is 0 Å². The van der Waals surface area contributed by atoms with Crippen molar-refractivity contribution >= 4 is 35.5 Å². The molecule has 9 N–H and O–H groups in total. The summed E-state index contributed by atoms with van der Waals surface area (Å²) in [5.41, 5.74) is 11.8. The number of carboxylic acids is 1. The molecule has 32 heavy (non-hydrogen) atoms. The SMILES string of the molecule is CC(C)C(N)=O.CC1=C(C(=O)O)N2C(=O)[C@@H](NC(=O)[C@H](N)c3ccc(O)cc3)[C@H]2SC1.O. The van der Waals surface area contributed by atoms with Gasteiger partial charge in [0, 0.05) is 11.7 Å². The highest BCUT2D eigenvalue weighted by atomic mass is 32.2. The third kappa shape index (κ3) is 5.78. The number of rotatable bonds is 5. The number of hydrogen-bond donors (Lipinski definition) is 5. The normalized spacial score (nSPS) is 20.2. The van der Waals surface area contributed by atoms with E-state index in [2.05, 4.69) is 5.32 Å². The number of benzene rings is 1. The minimum Gasteiger partial charge on any atom is -0.508 e. The number of aliphatic carboxylic acids is 1. The molecule has 0 radical (unpaired) electrons. The molecule has 0 spiro atoms. The van der Waals surface area contributed by atoms with Crippen LogP contribution in [-0.4, -0.2) is 61.4 Å². The molecule has 11 nitrogen and oxygen atoms in total. The molecule has 0 saturated carbocycles. The van der Waals surface area contributed by atoms with Crippen molar-refractivity contribution in [1.82, 2.24) is 10.2 Å². The second kappa shape index (κ2) is 11.0. The lowest BCUT2D eigenvalue weighted by molar-refractivity contribution is -0.150. The summed E-state index contributed by atoms with van der Waals surface area (Å²) in [7, 11) is 0. The number of nitrogens with two attached hydrogens (primary N) is 2. The molecule has 0 bridgehead atoms. The Bertz CT molecular complexity index is 917. The minimum atomic E-state index is -1.15. The van der Waals surface area contributed by atoms with E-state index in [-0.39, 0.29) is 28.7 Å². The zero-order chi connectivity index (χ0) is 23.5. The van der Waals surface area contributed by atoms with E-state index >= 15 is 0 Å². The number of fused-ring (bicyclic) bond motifs is 1. The Morgan fingerprint density at radius 2 is 1.75 bits per heavy atom. The number of hydrogen-bond acceptors (Lipinski definition) is 7. The van der Waals surface area contributed by atoms with E-state index in [0.717, 1.165) is 0 Å². The third-order valence-electron chi connectivity index (χ3n) is 4.76. The number of carbonyl (C=O) groups is 4. The number of phenols is 1. The summed E-state index contributed by atoms with van der Waals surface area (Å²) in [6.45, 7) is 5.21. The van der Waals surface area contributed by atoms with Crippen LogP contribution in [-0.2, 0) is 19.2 Å². The average Bonchev–Trinajstić information content (AvgIpc) is 2.71. The number of nitrogens with one attached hydrogen (secondary N) is 1.